The quantitative estimate of drug-likeness (QED) is 0.840. The van der Waals surface area contributed by atoms with Gasteiger partial charge in [-0.25, -0.2) is 0 Å². The molecule has 0 saturated heterocycles. The van der Waals surface area contributed by atoms with E-state index in [0.29, 0.717) is 0 Å². The fraction of sp³-hybridized carbons (Fsp3) is 0.200. The predicted molar refractivity (Wildman–Crippen MR) is 70.9 cm³/mol. The van der Waals surface area contributed by atoms with E-state index in [1.54, 1.807) is 0 Å². The molecule has 0 aliphatic rings. The fourth-order valence-electron chi connectivity index (χ4n) is 1.82. The van der Waals surface area contributed by atoms with E-state index in [1.807, 2.05) is 67.6 Å². The molecule has 0 aromatic heterocycles. The number of aliphatic hydroxyl groups is 1. The summed E-state index contributed by atoms with van der Waals surface area (Å²) in [6, 6.07) is 19.6. The molecule has 0 aliphatic heterocycles. The number of rotatable bonds is 4. The van der Waals surface area contributed by atoms with Crippen molar-refractivity contribution in [3.63, 3.8) is 0 Å². The first-order valence-corrected chi connectivity index (χ1v) is 5.82. The standard InChI is InChI=1S/C15H17NO/c1-12(16-14-10-6-3-7-11-14)15(17)13-8-4-2-5-9-13/h2-12,15-17H,1H3/t12-,15-/m0/s1. The summed E-state index contributed by atoms with van der Waals surface area (Å²) in [5.41, 5.74) is 1.96. The minimum Gasteiger partial charge on any atom is -0.386 e. The van der Waals surface area contributed by atoms with Gasteiger partial charge in [0.1, 0.15) is 0 Å². The first-order valence-electron chi connectivity index (χ1n) is 5.82. The number of para-hydroxylation sites is 1. The Morgan fingerprint density at radius 3 is 2.00 bits per heavy atom. The zero-order valence-electron chi connectivity index (χ0n) is 9.88. The summed E-state index contributed by atoms with van der Waals surface area (Å²) in [5.74, 6) is 0. The average Bonchev–Trinajstić information content (AvgIpc) is 2.40. The van der Waals surface area contributed by atoms with Crippen LogP contribution in [0.4, 0.5) is 5.69 Å². The molecule has 0 radical (unpaired) electrons. The lowest BCUT2D eigenvalue weighted by Gasteiger charge is -2.21. The van der Waals surface area contributed by atoms with Gasteiger partial charge in [-0.2, -0.15) is 0 Å². The van der Waals surface area contributed by atoms with Crippen LogP contribution in [0.2, 0.25) is 0 Å². The second-order valence-electron chi connectivity index (χ2n) is 4.15. The van der Waals surface area contributed by atoms with Gasteiger partial charge in [0.05, 0.1) is 12.1 Å². The SMILES string of the molecule is C[C@H](Nc1ccccc1)[C@H](O)c1ccccc1. The van der Waals surface area contributed by atoms with E-state index in [-0.39, 0.29) is 6.04 Å². The van der Waals surface area contributed by atoms with Crippen LogP contribution in [0.5, 0.6) is 0 Å². The Bertz CT molecular complexity index is 441. The Hall–Kier alpha value is -1.80. The fourth-order valence-corrected chi connectivity index (χ4v) is 1.82. The minimum atomic E-state index is -0.503. The number of hydrogen-bond donors (Lipinski definition) is 2. The van der Waals surface area contributed by atoms with Gasteiger partial charge in [-0.15, -0.1) is 0 Å². The first-order chi connectivity index (χ1) is 8.27. The summed E-state index contributed by atoms with van der Waals surface area (Å²) < 4.78 is 0. The molecule has 2 atom stereocenters. The molecule has 0 bridgehead atoms. The van der Waals surface area contributed by atoms with E-state index in [2.05, 4.69) is 5.32 Å². The highest BCUT2D eigenvalue weighted by atomic mass is 16.3. The van der Waals surface area contributed by atoms with Gasteiger partial charge < -0.3 is 10.4 Å². The van der Waals surface area contributed by atoms with Gasteiger partial charge in [0, 0.05) is 5.69 Å². The van der Waals surface area contributed by atoms with E-state index < -0.39 is 6.10 Å². The van der Waals surface area contributed by atoms with Gasteiger partial charge >= 0.3 is 0 Å². The number of aliphatic hydroxyl groups excluding tert-OH is 1. The van der Waals surface area contributed by atoms with Crippen molar-refractivity contribution in [2.75, 3.05) is 5.32 Å². The second kappa shape index (κ2) is 5.51. The maximum Gasteiger partial charge on any atom is 0.0988 e. The van der Waals surface area contributed by atoms with Gasteiger partial charge in [0.25, 0.3) is 0 Å². The minimum absolute atomic E-state index is 0.0280. The van der Waals surface area contributed by atoms with Crippen LogP contribution in [0, 0.1) is 0 Å². The van der Waals surface area contributed by atoms with Gasteiger partial charge in [0.2, 0.25) is 0 Å². The van der Waals surface area contributed by atoms with Crippen LogP contribution in [0.3, 0.4) is 0 Å². The average molecular weight is 227 g/mol. The Morgan fingerprint density at radius 2 is 1.41 bits per heavy atom. The molecule has 0 amide bonds. The van der Waals surface area contributed by atoms with Crippen molar-refractivity contribution in [2.45, 2.75) is 19.1 Å². The highest BCUT2D eigenvalue weighted by molar-refractivity contribution is 5.43. The topological polar surface area (TPSA) is 32.3 Å². The molecular formula is C15H17NO. The largest absolute Gasteiger partial charge is 0.386 e. The molecule has 0 fully saturated rings. The highest BCUT2D eigenvalue weighted by Crippen LogP contribution is 2.19. The van der Waals surface area contributed by atoms with Crippen LogP contribution in [0.15, 0.2) is 60.7 Å². The molecule has 0 aliphatic carbocycles. The lowest BCUT2D eigenvalue weighted by Crippen LogP contribution is -2.23. The van der Waals surface area contributed by atoms with Gasteiger partial charge in [-0.05, 0) is 24.6 Å². The molecule has 2 heteroatoms. The molecular weight excluding hydrogens is 210 g/mol. The van der Waals surface area contributed by atoms with Gasteiger partial charge in [-0.3, -0.25) is 0 Å². The molecule has 2 aromatic carbocycles. The van der Waals surface area contributed by atoms with Crippen molar-refractivity contribution >= 4 is 5.69 Å². The summed E-state index contributed by atoms with van der Waals surface area (Å²) in [6.07, 6.45) is -0.503. The second-order valence-corrected chi connectivity index (χ2v) is 4.15. The highest BCUT2D eigenvalue weighted by Gasteiger charge is 2.15. The van der Waals surface area contributed by atoms with Crippen molar-refractivity contribution in [1.82, 2.24) is 0 Å². The maximum atomic E-state index is 10.2. The normalized spacial score (nSPS) is 14.0. The number of anilines is 1. The van der Waals surface area contributed by atoms with Crippen molar-refractivity contribution in [2.24, 2.45) is 0 Å². The van der Waals surface area contributed by atoms with E-state index in [0.717, 1.165) is 11.3 Å². The van der Waals surface area contributed by atoms with E-state index in [4.69, 9.17) is 0 Å². The van der Waals surface area contributed by atoms with Crippen LogP contribution < -0.4 is 5.32 Å². The summed E-state index contributed by atoms with van der Waals surface area (Å²) in [6.45, 7) is 1.98. The van der Waals surface area contributed by atoms with Crippen LogP contribution in [0.25, 0.3) is 0 Å². The lowest BCUT2D eigenvalue weighted by atomic mass is 10.0. The van der Waals surface area contributed by atoms with Crippen molar-refractivity contribution < 1.29 is 5.11 Å². The van der Waals surface area contributed by atoms with Crippen molar-refractivity contribution in [1.29, 1.82) is 0 Å². The van der Waals surface area contributed by atoms with Gasteiger partial charge in [-0.1, -0.05) is 48.5 Å². The third kappa shape index (κ3) is 3.08. The summed E-state index contributed by atoms with van der Waals surface area (Å²) >= 11 is 0. The maximum absolute atomic E-state index is 10.2. The number of nitrogens with one attached hydrogen (secondary N) is 1. The third-order valence-corrected chi connectivity index (χ3v) is 2.78. The molecule has 0 spiro atoms. The zero-order valence-corrected chi connectivity index (χ0v) is 9.88. The van der Waals surface area contributed by atoms with Crippen LogP contribution in [0.1, 0.15) is 18.6 Å². The summed E-state index contributed by atoms with van der Waals surface area (Å²) in [4.78, 5) is 0. The third-order valence-electron chi connectivity index (χ3n) is 2.78. The molecule has 2 nitrogen and oxygen atoms in total. The van der Waals surface area contributed by atoms with Crippen LogP contribution in [-0.2, 0) is 0 Å². The van der Waals surface area contributed by atoms with Gasteiger partial charge in [0.15, 0.2) is 0 Å². The Morgan fingerprint density at radius 1 is 0.882 bits per heavy atom. The molecule has 2 N–H and O–H groups in total. The molecule has 0 saturated carbocycles. The van der Waals surface area contributed by atoms with Crippen LogP contribution in [-0.4, -0.2) is 11.1 Å². The molecule has 88 valence electrons. The zero-order chi connectivity index (χ0) is 12.1. The molecule has 2 aromatic rings. The Kier molecular flexibility index (Phi) is 3.78. The first kappa shape index (κ1) is 11.7. The lowest BCUT2D eigenvalue weighted by molar-refractivity contribution is 0.161. The number of hydrogen-bond acceptors (Lipinski definition) is 2. The molecule has 0 heterocycles. The molecule has 17 heavy (non-hydrogen) atoms. The van der Waals surface area contributed by atoms with Crippen molar-refractivity contribution in [3.05, 3.63) is 66.2 Å². The Balaban J connectivity index is 2.03. The summed E-state index contributed by atoms with van der Waals surface area (Å²) in [7, 11) is 0. The Labute approximate surface area is 102 Å². The van der Waals surface area contributed by atoms with Crippen molar-refractivity contribution in [3.8, 4) is 0 Å². The summed E-state index contributed by atoms with van der Waals surface area (Å²) in [5, 5.41) is 13.5. The van der Waals surface area contributed by atoms with Crippen LogP contribution >= 0.6 is 0 Å². The number of benzene rings is 2. The molecule has 0 unspecified atom stereocenters. The molecule has 2 rings (SSSR count). The van der Waals surface area contributed by atoms with E-state index >= 15 is 0 Å². The van der Waals surface area contributed by atoms with E-state index in [1.165, 1.54) is 0 Å². The smallest absolute Gasteiger partial charge is 0.0988 e. The van der Waals surface area contributed by atoms with E-state index in [9.17, 15) is 5.11 Å². The monoisotopic (exact) mass is 227 g/mol. The predicted octanol–water partition coefficient (Wildman–Crippen LogP) is 3.22.